The average Bonchev–Trinajstić information content (AvgIpc) is 2.32. The molecule has 2 nitrogen and oxygen atoms in total. The normalized spacial score (nSPS) is 21.5. The summed E-state index contributed by atoms with van der Waals surface area (Å²) in [6, 6.07) is 4.51. The number of rotatable bonds is 2. The number of para-hydroxylation sites is 1. The highest BCUT2D eigenvalue weighted by Gasteiger charge is 2.19. The van der Waals surface area contributed by atoms with E-state index >= 15 is 0 Å². The first kappa shape index (κ1) is 13.3. The van der Waals surface area contributed by atoms with Gasteiger partial charge < -0.3 is 10.2 Å². The molecule has 1 aromatic rings. The average molecular weight is 254 g/mol. The first-order chi connectivity index (χ1) is 8.72. The van der Waals surface area contributed by atoms with E-state index in [4.69, 9.17) is 0 Å². The van der Waals surface area contributed by atoms with Gasteiger partial charge in [0.05, 0.1) is 0 Å². The van der Waals surface area contributed by atoms with Crippen LogP contribution in [0.4, 0.5) is 14.5 Å². The van der Waals surface area contributed by atoms with Gasteiger partial charge in [-0.25, -0.2) is 8.78 Å². The van der Waals surface area contributed by atoms with Crippen LogP contribution in [0.3, 0.4) is 0 Å². The van der Waals surface area contributed by atoms with Crippen molar-refractivity contribution in [3.63, 3.8) is 0 Å². The highest BCUT2D eigenvalue weighted by Crippen LogP contribution is 2.24. The molecule has 1 atom stereocenters. The first-order valence-corrected chi connectivity index (χ1v) is 6.64. The largest absolute Gasteiger partial charge is 0.367 e. The van der Waals surface area contributed by atoms with Gasteiger partial charge in [-0.3, -0.25) is 0 Å². The summed E-state index contributed by atoms with van der Waals surface area (Å²) in [5.74, 6) is -0.923. The van der Waals surface area contributed by atoms with Gasteiger partial charge in [0, 0.05) is 19.1 Å². The third-order valence-electron chi connectivity index (χ3n) is 3.53. The maximum Gasteiger partial charge on any atom is 0.149 e. The molecule has 1 saturated heterocycles. The smallest absolute Gasteiger partial charge is 0.149 e. The zero-order valence-corrected chi connectivity index (χ0v) is 10.8. The molecule has 0 spiro atoms. The quantitative estimate of drug-likeness (QED) is 0.873. The van der Waals surface area contributed by atoms with Crippen LogP contribution in [0.15, 0.2) is 18.2 Å². The molecule has 0 aliphatic carbocycles. The van der Waals surface area contributed by atoms with Crippen LogP contribution < -0.4 is 10.2 Å². The van der Waals surface area contributed by atoms with Crippen molar-refractivity contribution >= 4 is 5.69 Å². The lowest BCUT2D eigenvalue weighted by Crippen LogP contribution is -2.40. The highest BCUT2D eigenvalue weighted by atomic mass is 19.1. The van der Waals surface area contributed by atoms with Crippen molar-refractivity contribution in [1.29, 1.82) is 0 Å². The summed E-state index contributed by atoms with van der Waals surface area (Å²) in [5.41, 5.74) is 0.134. The van der Waals surface area contributed by atoms with Crippen LogP contribution in [0, 0.1) is 11.6 Å². The van der Waals surface area contributed by atoms with Gasteiger partial charge in [0.2, 0.25) is 0 Å². The summed E-state index contributed by atoms with van der Waals surface area (Å²) in [6.45, 7) is 4.43. The van der Waals surface area contributed by atoms with Crippen LogP contribution >= 0.6 is 0 Å². The van der Waals surface area contributed by atoms with Crippen molar-refractivity contribution in [2.24, 2.45) is 0 Å². The molecule has 4 heteroatoms. The van der Waals surface area contributed by atoms with E-state index in [9.17, 15) is 8.78 Å². The Hall–Kier alpha value is -1.16. The van der Waals surface area contributed by atoms with Crippen LogP contribution in [0.2, 0.25) is 0 Å². The van der Waals surface area contributed by atoms with Gasteiger partial charge in [-0.15, -0.1) is 0 Å². The van der Waals surface area contributed by atoms with Crippen molar-refractivity contribution < 1.29 is 8.78 Å². The molecular formula is C14H20F2N2. The second-order valence-electron chi connectivity index (χ2n) is 4.76. The lowest BCUT2D eigenvalue weighted by Gasteiger charge is -2.30. The SMILES string of the molecule is CCC1CCN(c2c(F)cccc2F)CCCN1. The molecule has 1 fully saturated rings. The maximum atomic E-state index is 13.8. The lowest BCUT2D eigenvalue weighted by molar-refractivity contribution is 0.434. The zero-order chi connectivity index (χ0) is 13.0. The molecule has 0 saturated carbocycles. The first-order valence-electron chi connectivity index (χ1n) is 6.64. The van der Waals surface area contributed by atoms with Gasteiger partial charge in [-0.2, -0.15) is 0 Å². The van der Waals surface area contributed by atoms with Crippen molar-refractivity contribution in [1.82, 2.24) is 5.32 Å². The molecule has 1 aromatic carbocycles. The number of nitrogens with zero attached hydrogens (tertiary/aromatic N) is 1. The molecule has 1 N–H and O–H groups in total. The molecule has 1 heterocycles. The Labute approximate surface area is 107 Å². The fourth-order valence-corrected chi connectivity index (χ4v) is 2.46. The van der Waals surface area contributed by atoms with Gasteiger partial charge in [0.1, 0.15) is 17.3 Å². The minimum atomic E-state index is -0.461. The van der Waals surface area contributed by atoms with Gasteiger partial charge >= 0.3 is 0 Å². The van der Waals surface area contributed by atoms with Crippen LogP contribution in [0.25, 0.3) is 0 Å². The Kier molecular flexibility index (Phi) is 4.53. The van der Waals surface area contributed by atoms with E-state index in [-0.39, 0.29) is 5.69 Å². The predicted octanol–water partition coefficient (Wildman–Crippen LogP) is 2.93. The van der Waals surface area contributed by atoms with Crippen molar-refractivity contribution in [2.75, 3.05) is 24.5 Å². The molecular weight excluding hydrogens is 234 g/mol. The zero-order valence-electron chi connectivity index (χ0n) is 10.8. The van der Waals surface area contributed by atoms with E-state index in [1.807, 2.05) is 4.90 Å². The fraction of sp³-hybridized carbons (Fsp3) is 0.571. The van der Waals surface area contributed by atoms with Crippen molar-refractivity contribution in [2.45, 2.75) is 32.2 Å². The predicted molar refractivity (Wildman–Crippen MR) is 69.9 cm³/mol. The topological polar surface area (TPSA) is 15.3 Å². The van der Waals surface area contributed by atoms with E-state index in [0.29, 0.717) is 19.1 Å². The summed E-state index contributed by atoms with van der Waals surface area (Å²) in [6.07, 6.45) is 2.88. The van der Waals surface area contributed by atoms with Crippen molar-refractivity contribution in [3.05, 3.63) is 29.8 Å². The van der Waals surface area contributed by atoms with Gasteiger partial charge in [-0.05, 0) is 37.9 Å². The molecule has 0 amide bonds. The fourth-order valence-electron chi connectivity index (χ4n) is 2.46. The molecule has 18 heavy (non-hydrogen) atoms. The van der Waals surface area contributed by atoms with E-state index in [1.165, 1.54) is 18.2 Å². The Morgan fingerprint density at radius 3 is 2.67 bits per heavy atom. The number of benzene rings is 1. The number of nitrogens with one attached hydrogen (secondary N) is 1. The maximum absolute atomic E-state index is 13.8. The van der Waals surface area contributed by atoms with Gasteiger partial charge in [0.15, 0.2) is 0 Å². The summed E-state index contributed by atoms with van der Waals surface area (Å²) >= 11 is 0. The van der Waals surface area contributed by atoms with Crippen LogP contribution in [0.5, 0.6) is 0 Å². The van der Waals surface area contributed by atoms with Crippen LogP contribution in [-0.4, -0.2) is 25.7 Å². The molecule has 1 aliphatic rings. The summed E-state index contributed by atoms with van der Waals surface area (Å²) in [7, 11) is 0. The standard InChI is InChI=1S/C14H20F2N2/c1-2-11-7-10-18(9-4-8-17-11)14-12(15)5-3-6-13(14)16/h3,5-6,11,17H,2,4,7-10H2,1H3. The molecule has 2 rings (SSSR count). The van der Waals surface area contributed by atoms with Crippen LogP contribution in [-0.2, 0) is 0 Å². The lowest BCUT2D eigenvalue weighted by atomic mass is 10.1. The Morgan fingerprint density at radius 1 is 1.28 bits per heavy atom. The Bertz CT molecular complexity index is 375. The minimum Gasteiger partial charge on any atom is -0.367 e. The minimum absolute atomic E-state index is 0.134. The number of anilines is 1. The third kappa shape index (κ3) is 2.99. The molecule has 1 unspecified atom stereocenters. The molecule has 0 bridgehead atoms. The van der Waals surface area contributed by atoms with E-state index in [2.05, 4.69) is 12.2 Å². The molecule has 100 valence electrons. The summed E-state index contributed by atoms with van der Waals surface area (Å²) < 4.78 is 27.5. The Morgan fingerprint density at radius 2 is 2.00 bits per heavy atom. The molecule has 0 aromatic heterocycles. The van der Waals surface area contributed by atoms with E-state index in [1.54, 1.807) is 0 Å². The second kappa shape index (κ2) is 6.14. The molecule has 1 aliphatic heterocycles. The van der Waals surface area contributed by atoms with Crippen molar-refractivity contribution in [3.8, 4) is 0 Å². The highest BCUT2D eigenvalue weighted by molar-refractivity contribution is 5.49. The number of hydrogen-bond donors (Lipinski definition) is 1. The van der Waals surface area contributed by atoms with E-state index in [0.717, 1.165) is 25.8 Å². The number of halogens is 2. The second-order valence-corrected chi connectivity index (χ2v) is 4.76. The summed E-state index contributed by atoms with van der Waals surface area (Å²) in [4.78, 5) is 1.84. The van der Waals surface area contributed by atoms with E-state index < -0.39 is 11.6 Å². The van der Waals surface area contributed by atoms with Crippen LogP contribution in [0.1, 0.15) is 26.2 Å². The molecule has 0 radical (unpaired) electrons. The number of hydrogen-bond acceptors (Lipinski definition) is 2. The Balaban J connectivity index is 2.15. The van der Waals surface area contributed by atoms with Gasteiger partial charge in [0.25, 0.3) is 0 Å². The third-order valence-corrected chi connectivity index (χ3v) is 3.53. The summed E-state index contributed by atoms with van der Waals surface area (Å²) in [5, 5.41) is 3.46. The van der Waals surface area contributed by atoms with Gasteiger partial charge in [-0.1, -0.05) is 13.0 Å². The monoisotopic (exact) mass is 254 g/mol.